The molecule has 2 aromatic heterocycles. The van der Waals surface area contributed by atoms with Crippen molar-refractivity contribution >= 4 is 11.0 Å². The third-order valence-electron chi connectivity index (χ3n) is 3.03. The second-order valence-corrected chi connectivity index (χ2v) is 4.40. The minimum Gasteiger partial charge on any atom is -0.335 e. The highest BCUT2D eigenvalue weighted by Gasteiger charge is 2.22. The van der Waals surface area contributed by atoms with Crippen LogP contribution in [0.4, 0.5) is 0 Å². The summed E-state index contributed by atoms with van der Waals surface area (Å²) in [7, 11) is 4.01. The lowest BCUT2D eigenvalue weighted by Crippen LogP contribution is -2.32. The Bertz CT molecular complexity index is 483. The summed E-state index contributed by atoms with van der Waals surface area (Å²) in [5.41, 5.74) is 2.30. The number of aryl methyl sites for hydroxylation is 1. The monoisotopic (exact) mass is 203 g/mol. The molecule has 0 radical (unpaired) electrons. The Morgan fingerprint density at radius 1 is 1.40 bits per heavy atom. The van der Waals surface area contributed by atoms with E-state index in [1.807, 2.05) is 26.4 Å². The average Bonchev–Trinajstić information content (AvgIpc) is 2.58. The van der Waals surface area contributed by atoms with Crippen molar-refractivity contribution in [3.05, 3.63) is 30.1 Å². The topological polar surface area (TPSA) is 29.9 Å². The number of pyridine rings is 1. The van der Waals surface area contributed by atoms with Gasteiger partial charge in [0, 0.05) is 30.4 Å². The maximum Gasteiger partial charge on any atom is 0.139 e. The first-order chi connectivity index (χ1) is 7.06. The fourth-order valence-electron chi connectivity index (χ4n) is 1.85. The van der Waals surface area contributed by atoms with Crippen LogP contribution < -0.4 is 5.32 Å². The van der Waals surface area contributed by atoms with Gasteiger partial charge in [0.15, 0.2) is 0 Å². The van der Waals surface area contributed by atoms with Crippen LogP contribution >= 0.6 is 0 Å². The van der Waals surface area contributed by atoms with Crippen LogP contribution in [0.5, 0.6) is 0 Å². The van der Waals surface area contributed by atoms with Crippen LogP contribution in [0, 0.1) is 0 Å². The molecule has 0 atom stereocenters. The van der Waals surface area contributed by atoms with Gasteiger partial charge in [0.2, 0.25) is 0 Å². The van der Waals surface area contributed by atoms with Gasteiger partial charge in [-0.25, -0.2) is 4.98 Å². The van der Waals surface area contributed by atoms with Crippen molar-refractivity contribution in [1.29, 1.82) is 0 Å². The van der Waals surface area contributed by atoms with Gasteiger partial charge in [-0.2, -0.15) is 0 Å². The van der Waals surface area contributed by atoms with E-state index in [2.05, 4.69) is 41.0 Å². The lowest BCUT2D eigenvalue weighted by Gasteiger charge is -2.23. The second-order valence-electron chi connectivity index (χ2n) is 4.40. The van der Waals surface area contributed by atoms with Crippen LogP contribution in [0.15, 0.2) is 24.5 Å². The van der Waals surface area contributed by atoms with E-state index in [1.54, 1.807) is 0 Å². The summed E-state index contributed by atoms with van der Waals surface area (Å²) in [4.78, 5) is 4.38. The average molecular weight is 203 g/mol. The highest BCUT2D eigenvalue weighted by atomic mass is 15.0. The van der Waals surface area contributed by atoms with E-state index in [0.29, 0.717) is 0 Å². The van der Waals surface area contributed by atoms with Gasteiger partial charge in [0.05, 0.1) is 0 Å². The molecule has 0 aromatic carbocycles. The minimum atomic E-state index is -0.0253. The first kappa shape index (κ1) is 10.2. The summed E-state index contributed by atoms with van der Waals surface area (Å²) in [5.74, 6) is 0. The molecular formula is C12H17N3. The number of fused-ring (bicyclic) bond motifs is 1. The zero-order valence-electron chi connectivity index (χ0n) is 9.70. The normalized spacial score (nSPS) is 12.3. The van der Waals surface area contributed by atoms with E-state index in [9.17, 15) is 0 Å². The van der Waals surface area contributed by atoms with E-state index in [4.69, 9.17) is 0 Å². The van der Waals surface area contributed by atoms with E-state index < -0.39 is 0 Å². The summed E-state index contributed by atoms with van der Waals surface area (Å²) in [6.45, 7) is 4.35. The first-order valence-electron chi connectivity index (χ1n) is 5.15. The first-order valence-corrected chi connectivity index (χ1v) is 5.15. The number of aromatic nitrogens is 2. The number of hydrogen-bond donors (Lipinski definition) is 1. The molecule has 0 unspecified atom stereocenters. The summed E-state index contributed by atoms with van der Waals surface area (Å²) in [5, 5.41) is 4.54. The fourth-order valence-corrected chi connectivity index (χ4v) is 1.85. The molecule has 0 saturated carbocycles. The maximum atomic E-state index is 4.38. The van der Waals surface area contributed by atoms with Crippen LogP contribution in [-0.2, 0) is 12.6 Å². The smallest absolute Gasteiger partial charge is 0.139 e. The summed E-state index contributed by atoms with van der Waals surface area (Å²) >= 11 is 0. The molecule has 2 heterocycles. The summed E-state index contributed by atoms with van der Waals surface area (Å²) in [6.07, 6.45) is 3.98. The van der Waals surface area contributed by atoms with Crippen molar-refractivity contribution in [2.75, 3.05) is 7.05 Å². The predicted molar refractivity (Wildman–Crippen MR) is 62.8 cm³/mol. The van der Waals surface area contributed by atoms with Crippen molar-refractivity contribution in [3.63, 3.8) is 0 Å². The molecule has 2 aromatic rings. The van der Waals surface area contributed by atoms with Crippen LogP contribution in [0.25, 0.3) is 11.0 Å². The number of nitrogens with one attached hydrogen (secondary N) is 1. The highest BCUT2D eigenvalue weighted by Crippen LogP contribution is 2.28. The minimum absolute atomic E-state index is 0.0253. The van der Waals surface area contributed by atoms with Crippen molar-refractivity contribution in [3.8, 4) is 0 Å². The molecular weight excluding hydrogens is 186 g/mol. The zero-order chi connectivity index (χ0) is 11.1. The van der Waals surface area contributed by atoms with Gasteiger partial charge in [0.1, 0.15) is 5.65 Å². The molecule has 0 aliphatic heterocycles. The van der Waals surface area contributed by atoms with Crippen molar-refractivity contribution in [2.45, 2.75) is 19.4 Å². The number of hydrogen-bond acceptors (Lipinski definition) is 2. The van der Waals surface area contributed by atoms with E-state index >= 15 is 0 Å². The van der Waals surface area contributed by atoms with Gasteiger partial charge in [-0.15, -0.1) is 0 Å². The molecule has 0 aliphatic carbocycles. The summed E-state index contributed by atoms with van der Waals surface area (Å²) < 4.78 is 2.07. The van der Waals surface area contributed by atoms with Gasteiger partial charge < -0.3 is 9.88 Å². The molecule has 15 heavy (non-hydrogen) atoms. The third kappa shape index (κ3) is 1.53. The van der Waals surface area contributed by atoms with Crippen LogP contribution in [0.3, 0.4) is 0 Å². The molecule has 0 aliphatic rings. The molecule has 3 heteroatoms. The standard InChI is InChI=1S/C12H17N3/c1-12(2,13-3)10-8-15(4)11-9(10)6-5-7-14-11/h5-8,13H,1-4H3. The number of rotatable bonds is 2. The molecule has 2 rings (SSSR count). The van der Waals surface area contributed by atoms with Crippen molar-refractivity contribution in [2.24, 2.45) is 7.05 Å². The SMILES string of the molecule is CNC(C)(C)c1cn(C)c2ncccc12. The Kier molecular flexibility index (Phi) is 2.27. The van der Waals surface area contributed by atoms with Gasteiger partial charge >= 0.3 is 0 Å². The number of nitrogens with zero attached hydrogens (tertiary/aromatic N) is 2. The molecule has 0 spiro atoms. The Labute approximate surface area is 90.1 Å². The Morgan fingerprint density at radius 3 is 2.80 bits per heavy atom. The van der Waals surface area contributed by atoms with Crippen LogP contribution in [-0.4, -0.2) is 16.6 Å². The maximum absolute atomic E-state index is 4.38. The second kappa shape index (κ2) is 3.35. The molecule has 0 saturated heterocycles. The lowest BCUT2D eigenvalue weighted by atomic mass is 9.95. The van der Waals surface area contributed by atoms with E-state index in [-0.39, 0.29) is 5.54 Å². The van der Waals surface area contributed by atoms with Crippen LogP contribution in [0.1, 0.15) is 19.4 Å². The Hall–Kier alpha value is -1.35. The summed E-state index contributed by atoms with van der Waals surface area (Å²) in [6, 6.07) is 4.11. The largest absolute Gasteiger partial charge is 0.335 e. The molecule has 0 bridgehead atoms. The van der Waals surface area contributed by atoms with Crippen LogP contribution in [0.2, 0.25) is 0 Å². The predicted octanol–water partition coefficient (Wildman–Crippen LogP) is 2.03. The molecule has 3 nitrogen and oxygen atoms in total. The molecule has 0 fully saturated rings. The van der Waals surface area contributed by atoms with Gasteiger partial charge in [-0.3, -0.25) is 0 Å². The van der Waals surface area contributed by atoms with Gasteiger partial charge in [-0.05, 0) is 38.6 Å². The van der Waals surface area contributed by atoms with E-state index in [0.717, 1.165) is 5.65 Å². The molecule has 80 valence electrons. The van der Waals surface area contributed by atoms with Crippen molar-refractivity contribution < 1.29 is 0 Å². The fraction of sp³-hybridized carbons (Fsp3) is 0.417. The molecule has 0 amide bonds. The Morgan fingerprint density at radius 2 is 2.13 bits per heavy atom. The lowest BCUT2D eigenvalue weighted by molar-refractivity contribution is 0.447. The van der Waals surface area contributed by atoms with Crippen molar-refractivity contribution in [1.82, 2.24) is 14.9 Å². The quantitative estimate of drug-likeness (QED) is 0.809. The Balaban J connectivity index is 2.72. The van der Waals surface area contributed by atoms with E-state index in [1.165, 1.54) is 10.9 Å². The molecule has 1 N–H and O–H groups in total. The van der Waals surface area contributed by atoms with Gasteiger partial charge in [0.25, 0.3) is 0 Å². The van der Waals surface area contributed by atoms with Gasteiger partial charge in [-0.1, -0.05) is 0 Å². The third-order valence-corrected chi connectivity index (χ3v) is 3.03. The zero-order valence-corrected chi connectivity index (χ0v) is 9.70. The highest BCUT2D eigenvalue weighted by molar-refractivity contribution is 5.81.